The van der Waals surface area contributed by atoms with Crippen LogP contribution in [0.25, 0.3) is 0 Å². The van der Waals surface area contributed by atoms with Gasteiger partial charge in [-0.2, -0.15) is 0 Å². The molecule has 0 spiro atoms. The summed E-state index contributed by atoms with van der Waals surface area (Å²) in [6, 6.07) is 0. The molecule has 0 bridgehead atoms. The van der Waals surface area contributed by atoms with E-state index in [1.165, 1.54) is 0 Å². The highest BCUT2D eigenvalue weighted by atomic mass is 16.5. The molecule has 3 nitrogen and oxygen atoms in total. The minimum atomic E-state index is -0.195. The molecule has 0 saturated carbocycles. The summed E-state index contributed by atoms with van der Waals surface area (Å²) in [4.78, 5) is 0. The maximum absolute atomic E-state index is 6.19. The summed E-state index contributed by atoms with van der Waals surface area (Å²) in [5.41, 5.74) is 5.77. The standard InChI is InChI=1S/C15H33NO2/c1-8-13(3,4)17-10-11-18-14(5,6)12-15(7,16)9-2/h8-12,16H2,1-7H3. The van der Waals surface area contributed by atoms with Gasteiger partial charge in [-0.25, -0.2) is 0 Å². The minimum Gasteiger partial charge on any atom is -0.373 e. The third-order valence-corrected chi connectivity index (χ3v) is 3.56. The van der Waals surface area contributed by atoms with Crippen molar-refractivity contribution in [1.82, 2.24) is 0 Å². The van der Waals surface area contributed by atoms with E-state index in [4.69, 9.17) is 15.2 Å². The van der Waals surface area contributed by atoms with E-state index >= 15 is 0 Å². The minimum absolute atomic E-state index is 0.0562. The van der Waals surface area contributed by atoms with Crippen molar-refractivity contribution >= 4 is 0 Å². The lowest BCUT2D eigenvalue weighted by atomic mass is 9.86. The van der Waals surface area contributed by atoms with E-state index in [9.17, 15) is 0 Å². The van der Waals surface area contributed by atoms with E-state index in [0.717, 1.165) is 19.3 Å². The topological polar surface area (TPSA) is 44.5 Å². The fraction of sp³-hybridized carbons (Fsp3) is 1.00. The van der Waals surface area contributed by atoms with Crippen molar-refractivity contribution in [2.24, 2.45) is 5.73 Å². The Morgan fingerprint density at radius 2 is 1.22 bits per heavy atom. The first-order valence-electron chi connectivity index (χ1n) is 7.10. The Labute approximate surface area is 113 Å². The Morgan fingerprint density at radius 1 is 0.778 bits per heavy atom. The van der Waals surface area contributed by atoms with Gasteiger partial charge in [-0.05, 0) is 53.9 Å². The summed E-state index contributed by atoms with van der Waals surface area (Å²) >= 11 is 0. The van der Waals surface area contributed by atoms with Crippen LogP contribution in [0.2, 0.25) is 0 Å². The first-order chi connectivity index (χ1) is 8.04. The summed E-state index contributed by atoms with van der Waals surface area (Å²) in [7, 11) is 0. The SMILES string of the molecule is CCC(C)(N)CC(C)(C)OCCOC(C)(C)CC. The monoisotopic (exact) mass is 259 g/mol. The summed E-state index contributed by atoms with van der Waals surface area (Å²) in [6.07, 6.45) is 2.82. The molecular formula is C15H33NO2. The van der Waals surface area contributed by atoms with Crippen molar-refractivity contribution in [3.05, 3.63) is 0 Å². The quantitative estimate of drug-likeness (QED) is 0.644. The average Bonchev–Trinajstić information content (AvgIpc) is 2.23. The van der Waals surface area contributed by atoms with Crippen molar-refractivity contribution in [3.63, 3.8) is 0 Å². The molecule has 0 radical (unpaired) electrons. The second kappa shape index (κ2) is 6.88. The van der Waals surface area contributed by atoms with Crippen molar-refractivity contribution < 1.29 is 9.47 Å². The molecule has 0 aliphatic rings. The van der Waals surface area contributed by atoms with Gasteiger partial charge in [0.05, 0.1) is 24.4 Å². The number of rotatable bonds is 9. The first-order valence-corrected chi connectivity index (χ1v) is 7.10. The van der Waals surface area contributed by atoms with E-state index in [1.807, 2.05) is 0 Å². The smallest absolute Gasteiger partial charge is 0.0708 e. The van der Waals surface area contributed by atoms with Gasteiger partial charge in [0.15, 0.2) is 0 Å². The van der Waals surface area contributed by atoms with Gasteiger partial charge in [-0.3, -0.25) is 0 Å². The molecule has 3 heteroatoms. The molecule has 110 valence electrons. The van der Waals surface area contributed by atoms with Gasteiger partial charge >= 0.3 is 0 Å². The van der Waals surface area contributed by atoms with Gasteiger partial charge in [0.1, 0.15) is 0 Å². The van der Waals surface area contributed by atoms with Crippen LogP contribution in [0.4, 0.5) is 0 Å². The molecule has 0 rings (SSSR count). The molecule has 0 aromatic carbocycles. The van der Waals surface area contributed by atoms with E-state index in [-0.39, 0.29) is 16.7 Å². The molecule has 0 heterocycles. The predicted octanol–water partition coefficient (Wildman–Crippen LogP) is 3.50. The van der Waals surface area contributed by atoms with E-state index in [0.29, 0.717) is 13.2 Å². The van der Waals surface area contributed by atoms with Gasteiger partial charge in [-0.1, -0.05) is 13.8 Å². The molecule has 0 amide bonds. The van der Waals surface area contributed by atoms with Gasteiger partial charge in [-0.15, -0.1) is 0 Å². The fourth-order valence-corrected chi connectivity index (χ4v) is 1.89. The lowest BCUT2D eigenvalue weighted by Crippen LogP contribution is -2.44. The molecule has 0 aromatic rings. The normalized spacial score (nSPS) is 16.7. The van der Waals surface area contributed by atoms with Crippen LogP contribution in [0.1, 0.15) is 67.7 Å². The number of hydrogen-bond acceptors (Lipinski definition) is 3. The third kappa shape index (κ3) is 8.06. The number of ether oxygens (including phenoxy) is 2. The highest BCUT2D eigenvalue weighted by molar-refractivity contribution is 4.85. The lowest BCUT2D eigenvalue weighted by Gasteiger charge is -2.34. The van der Waals surface area contributed by atoms with Crippen LogP contribution >= 0.6 is 0 Å². The molecule has 0 aliphatic heterocycles. The van der Waals surface area contributed by atoms with Gasteiger partial charge < -0.3 is 15.2 Å². The van der Waals surface area contributed by atoms with Gasteiger partial charge in [0.25, 0.3) is 0 Å². The zero-order valence-electron chi connectivity index (χ0n) is 13.4. The maximum atomic E-state index is 6.19. The zero-order chi connectivity index (χ0) is 14.4. The molecule has 0 aliphatic carbocycles. The van der Waals surface area contributed by atoms with Crippen molar-refractivity contribution in [2.45, 2.75) is 84.5 Å². The molecular weight excluding hydrogens is 226 g/mol. The molecule has 0 aromatic heterocycles. The molecule has 2 N–H and O–H groups in total. The number of hydrogen-bond donors (Lipinski definition) is 1. The zero-order valence-corrected chi connectivity index (χ0v) is 13.4. The van der Waals surface area contributed by atoms with E-state index < -0.39 is 0 Å². The van der Waals surface area contributed by atoms with Gasteiger partial charge in [0, 0.05) is 5.54 Å². The highest BCUT2D eigenvalue weighted by Gasteiger charge is 2.28. The average molecular weight is 259 g/mol. The van der Waals surface area contributed by atoms with Crippen LogP contribution in [-0.4, -0.2) is 30.0 Å². The van der Waals surface area contributed by atoms with Crippen LogP contribution in [-0.2, 0) is 9.47 Å². The molecule has 1 atom stereocenters. The van der Waals surface area contributed by atoms with Gasteiger partial charge in [0.2, 0.25) is 0 Å². The van der Waals surface area contributed by atoms with Crippen molar-refractivity contribution in [2.75, 3.05) is 13.2 Å². The molecule has 0 fully saturated rings. The van der Waals surface area contributed by atoms with Crippen LogP contribution in [0, 0.1) is 0 Å². The highest BCUT2D eigenvalue weighted by Crippen LogP contribution is 2.24. The number of nitrogens with two attached hydrogens (primary N) is 1. The lowest BCUT2D eigenvalue weighted by molar-refractivity contribution is -0.0924. The Hall–Kier alpha value is -0.120. The third-order valence-electron chi connectivity index (χ3n) is 3.56. The van der Waals surface area contributed by atoms with Crippen molar-refractivity contribution in [3.8, 4) is 0 Å². The fourth-order valence-electron chi connectivity index (χ4n) is 1.89. The Kier molecular flexibility index (Phi) is 6.83. The summed E-state index contributed by atoms with van der Waals surface area (Å²) in [5, 5.41) is 0. The summed E-state index contributed by atoms with van der Waals surface area (Å²) < 4.78 is 11.7. The van der Waals surface area contributed by atoms with E-state index in [1.54, 1.807) is 0 Å². The summed E-state index contributed by atoms with van der Waals surface area (Å²) in [5.74, 6) is 0. The predicted molar refractivity (Wildman–Crippen MR) is 77.9 cm³/mol. The molecule has 0 saturated heterocycles. The van der Waals surface area contributed by atoms with Crippen LogP contribution in [0.15, 0.2) is 0 Å². The first kappa shape index (κ1) is 17.9. The molecule has 1 unspecified atom stereocenters. The molecule has 18 heavy (non-hydrogen) atoms. The van der Waals surface area contributed by atoms with Crippen molar-refractivity contribution in [1.29, 1.82) is 0 Å². The Bertz CT molecular complexity index is 235. The maximum Gasteiger partial charge on any atom is 0.0708 e. The largest absolute Gasteiger partial charge is 0.373 e. The van der Waals surface area contributed by atoms with E-state index in [2.05, 4.69) is 48.5 Å². The second-order valence-electron chi connectivity index (χ2n) is 6.75. The van der Waals surface area contributed by atoms with Crippen LogP contribution in [0.3, 0.4) is 0 Å². The Balaban J connectivity index is 3.98. The van der Waals surface area contributed by atoms with Crippen LogP contribution in [0.5, 0.6) is 0 Å². The van der Waals surface area contributed by atoms with Crippen LogP contribution < -0.4 is 5.73 Å². The summed E-state index contributed by atoms with van der Waals surface area (Å²) in [6.45, 7) is 16.0. The second-order valence-corrected chi connectivity index (χ2v) is 6.75. The Morgan fingerprint density at radius 3 is 1.61 bits per heavy atom.